The fourth-order valence-electron chi connectivity index (χ4n) is 2.85. The molecule has 132 valence electrons. The van der Waals surface area contributed by atoms with Crippen LogP contribution >= 0.6 is 0 Å². The zero-order chi connectivity index (χ0) is 17.8. The van der Waals surface area contributed by atoms with Crippen LogP contribution in [-0.4, -0.2) is 26.3 Å². The molecule has 2 aromatic carbocycles. The first kappa shape index (κ1) is 17.2. The van der Waals surface area contributed by atoms with Gasteiger partial charge in [-0.15, -0.1) is 0 Å². The van der Waals surface area contributed by atoms with Gasteiger partial charge in [0.2, 0.25) is 6.79 Å². The molecule has 2 aromatic rings. The summed E-state index contributed by atoms with van der Waals surface area (Å²) in [5.41, 5.74) is 1.96. The molecule has 1 aliphatic rings. The van der Waals surface area contributed by atoms with E-state index in [4.69, 9.17) is 9.47 Å². The van der Waals surface area contributed by atoms with E-state index in [2.05, 4.69) is 5.32 Å². The largest absolute Gasteiger partial charge is 0.454 e. The summed E-state index contributed by atoms with van der Waals surface area (Å²) >= 11 is 0. The van der Waals surface area contributed by atoms with Gasteiger partial charge in [-0.05, 0) is 36.8 Å². The molecule has 1 heterocycles. The van der Waals surface area contributed by atoms with Crippen molar-refractivity contribution in [1.82, 2.24) is 5.32 Å². The highest BCUT2D eigenvalue weighted by Crippen LogP contribution is 2.34. The van der Waals surface area contributed by atoms with Gasteiger partial charge in [0, 0.05) is 5.56 Å². The van der Waals surface area contributed by atoms with E-state index in [0.29, 0.717) is 18.8 Å². The van der Waals surface area contributed by atoms with E-state index in [1.807, 2.05) is 32.2 Å². The van der Waals surface area contributed by atoms with E-state index in [1.165, 1.54) is 12.1 Å². The number of fused-ring (bicyclic) bond motifs is 1. The van der Waals surface area contributed by atoms with Crippen LogP contribution in [0.3, 0.4) is 0 Å². The van der Waals surface area contributed by atoms with Gasteiger partial charge in [-0.2, -0.15) is 0 Å². The minimum absolute atomic E-state index is 0.0372. The van der Waals surface area contributed by atoms with Crippen molar-refractivity contribution >= 4 is 5.91 Å². The Labute approximate surface area is 146 Å². The molecule has 2 N–H and O–H groups in total. The Kier molecular flexibility index (Phi) is 5.19. The zero-order valence-corrected chi connectivity index (χ0v) is 14.3. The molecule has 1 aliphatic heterocycles. The first-order valence-corrected chi connectivity index (χ1v) is 8.26. The minimum atomic E-state index is -0.253. The van der Waals surface area contributed by atoms with Crippen molar-refractivity contribution in [2.45, 2.75) is 19.5 Å². The van der Waals surface area contributed by atoms with Crippen LogP contribution in [0.15, 0.2) is 42.5 Å². The number of carbonyl (C=O) groups excluding carboxylic acids is 1. The number of hydrogen-bond donors (Lipinski definition) is 2. The molecule has 0 aromatic heterocycles. The summed E-state index contributed by atoms with van der Waals surface area (Å²) in [7, 11) is 1.94. The van der Waals surface area contributed by atoms with E-state index >= 15 is 0 Å². The van der Waals surface area contributed by atoms with Crippen LogP contribution in [0.4, 0.5) is 4.39 Å². The van der Waals surface area contributed by atoms with Crippen molar-refractivity contribution in [3.05, 3.63) is 59.4 Å². The molecule has 0 bridgehead atoms. The van der Waals surface area contributed by atoms with Gasteiger partial charge in [-0.1, -0.05) is 18.2 Å². The Morgan fingerprint density at radius 1 is 1.20 bits per heavy atom. The predicted molar refractivity (Wildman–Crippen MR) is 91.0 cm³/mol. The molecule has 0 saturated carbocycles. The number of carbonyl (C=O) groups is 1. The van der Waals surface area contributed by atoms with Crippen LogP contribution in [0.2, 0.25) is 0 Å². The Hall–Kier alpha value is -2.60. The van der Waals surface area contributed by atoms with Gasteiger partial charge in [0.1, 0.15) is 12.4 Å². The first-order chi connectivity index (χ1) is 12.0. The van der Waals surface area contributed by atoms with E-state index in [-0.39, 0.29) is 24.6 Å². The summed E-state index contributed by atoms with van der Waals surface area (Å²) in [6.07, 6.45) is 0. The number of ether oxygens (including phenoxy) is 2. The molecular weight excluding hydrogens is 323 g/mol. The maximum absolute atomic E-state index is 12.9. The molecule has 0 spiro atoms. The second-order valence-corrected chi connectivity index (χ2v) is 6.34. The molecule has 3 rings (SSSR count). The number of hydrogen-bond acceptors (Lipinski definition) is 3. The number of nitrogens with one attached hydrogen (secondary N) is 2. The van der Waals surface area contributed by atoms with Gasteiger partial charge in [-0.3, -0.25) is 4.79 Å². The predicted octanol–water partition coefficient (Wildman–Crippen LogP) is 1.45. The van der Waals surface area contributed by atoms with Crippen molar-refractivity contribution in [2.75, 3.05) is 20.4 Å². The summed E-state index contributed by atoms with van der Waals surface area (Å²) in [6, 6.07) is 11.9. The number of quaternary nitrogens is 1. The standard InChI is InChI=1S/C19H21FN2O3/c1-13(15-5-8-17-18(9-15)25-12-24-17)21-19(23)11-22(2)10-14-3-6-16(20)7-4-14/h3-9,13H,10-12H2,1-2H3,(H,21,23)/p+1/t13-/m0/s1. The highest BCUT2D eigenvalue weighted by atomic mass is 19.1. The summed E-state index contributed by atoms with van der Waals surface area (Å²) in [4.78, 5) is 13.3. The lowest BCUT2D eigenvalue weighted by atomic mass is 10.1. The highest BCUT2D eigenvalue weighted by Gasteiger charge is 2.18. The molecule has 0 radical (unpaired) electrons. The van der Waals surface area contributed by atoms with Crippen molar-refractivity contribution in [2.24, 2.45) is 0 Å². The summed E-state index contributed by atoms with van der Waals surface area (Å²) < 4.78 is 23.6. The molecule has 0 saturated heterocycles. The van der Waals surface area contributed by atoms with Gasteiger partial charge in [-0.25, -0.2) is 4.39 Å². The van der Waals surface area contributed by atoms with Crippen molar-refractivity contribution in [3.8, 4) is 11.5 Å². The number of benzene rings is 2. The average molecular weight is 345 g/mol. The average Bonchev–Trinajstić information content (AvgIpc) is 3.04. The maximum Gasteiger partial charge on any atom is 0.275 e. The lowest BCUT2D eigenvalue weighted by Gasteiger charge is -2.18. The Morgan fingerprint density at radius 2 is 1.92 bits per heavy atom. The second-order valence-electron chi connectivity index (χ2n) is 6.34. The lowest BCUT2D eigenvalue weighted by Crippen LogP contribution is -3.08. The van der Waals surface area contributed by atoms with E-state index in [9.17, 15) is 9.18 Å². The van der Waals surface area contributed by atoms with Crippen molar-refractivity contribution in [3.63, 3.8) is 0 Å². The van der Waals surface area contributed by atoms with E-state index < -0.39 is 0 Å². The summed E-state index contributed by atoms with van der Waals surface area (Å²) in [6.45, 7) is 3.17. The van der Waals surface area contributed by atoms with Crippen LogP contribution in [0.25, 0.3) is 0 Å². The monoisotopic (exact) mass is 345 g/mol. The van der Waals surface area contributed by atoms with E-state index in [0.717, 1.165) is 21.8 Å². The second kappa shape index (κ2) is 7.53. The molecular formula is C19H22FN2O3+. The third kappa shape index (κ3) is 4.48. The van der Waals surface area contributed by atoms with Gasteiger partial charge in [0.05, 0.1) is 13.1 Å². The topological polar surface area (TPSA) is 52.0 Å². The van der Waals surface area contributed by atoms with Gasteiger partial charge < -0.3 is 19.7 Å². The Bertz CT molecular complexity index is 749. The third-order valence-electron chi connectivity index (χ3n) is 4.16. The molecule has 1 amide bonds. The summed E-state index contributed by atoms with van der Waals surface area (Å²) in [5, 5.41) is 3.00. The normalized spacial score (nSPS) is 14.8. The van der Waals surface area contributed by atoms with Gasteiger partial charge in [0.15, 0.2) is 18.0 Å². The fraction of sp³-hybridized carbons (Fsp3) is 0.316. The number of likely N-dealkylation sites (N-methyl/N-ethyl adjacent to an activating group) is 1. The minimum Gasteiger partial charge on any atom is -0.454 e. The van der Waals surface area contributed by atoms with Crippen molar-refractivity contribution < 1.29 is 23.6 Å². The number of halogens is 1. The SMILES string of the molecule is C[C@H](NC(=O)C[NH+](C)Cc1ccc(F)cc1)c1ccc2c(c1)OCO2. The van der Waals surface area contributed by atoms with Gasteiger partial charge >= 0.3 is 0 Å². The lowest BCUT2D eigenvalue weighted by molar-refractivity contribution is -0.885. The summed E-state index contributed by atoms with van der Waals surface area (Å²) in [5.74, 6) is 1.14. The highest BCUT2D eigenvalue weighted by molar-refractivity contribution is 5.77. The Balaban J connectivity index is 1.52. The molecule has 0 fully saturated rings. The van der Waals surface area contributed by atoms with E-state index in [1.54, 1.807) is 12.1 Å². The van der Waals surface area contributed by atoms with Crippen LogP contribution in [0.1, 0.15) is 24.1 Å². The number of amides is 1. The van der Waals surface area contributed by atoms with Gasteiger partial charge in [0.25, 0.3) is 5.91 Å². The third-order valence-corrected chi connectivity index (χ3v) is 4.16. The smallest absolute Gasteiger partial charge is 0.275 e. The van der Waals surface area contributed by atoms with Crippen LogP contribution in [0.5, 0.6) is 11.5 Å². The maximum atomic E-state index is 12.9. The van der Waals surface area contributed by atoms with Crippen LogP contribution in [0, 0.1) is 5.82 Å². The number of rotatable bonds is 6. The zero-order valence-electron chi connectivity index (χ0n) is 14.3. The molecule has 6 heteroatoms. The van der Waals surface area contributed by atoms with Crippen LogP contribution in [-0.2, 0) is 11.3 Å². The molecule has 0 aliphatic carbocycles. The molecule has 2 atom stereocenters. The quantitative estimate of drug-likeness (QED) is 0.833. The molecule has 1 unspecified atom stereocenters. The molecule has 25 heavy (non-hydrogen) atoms. The molecule has 5 nitrogen and oxygen atoms in total. The first-order valence-electron chi connectivity index (χ1n) is 8.26. The van der Waals surface area contributed by atoms with Crippen LogP contribution < -0.4 is 19.7 Å². The Morgan fingerprint density at radius 3 is 2.68 bits per heavy atom. The fourth-order valence-corrected chi connectivity index (χ4v) is 2.85. The van der Waals surface area contributed by atoms with Crippen molar-refractivity contribution in [1.29, 1.82) is 0 Å².